The Kier molecular flexibility index (Phi) is 5.50. The van der Waals surface area contributed by atoms with Crippen molar-refractivity contribution in [3.8, 4) is 5.75 Å². The summed E-state index contributed by atoms with van der Waals surface area (Å²) in [5, 5.41) is 5.06. The Labute approximate surface area is 198 Å². The number of benzene rings is 3. The van der Waals surface area contributed by atoms with Crippen LogP contribution in [-0.4, -0.2) is 45.2 Å². The number of nitrogens with zero attached hydrogens (tertiary/aromatic N) is 4. The number of para-hydroxylation sites is 1. The average molecular weight is 460 g/mol. The van der Waals surface area contributed by atoms with E-state index in [-0.39, 0.29) is 12.0 Å². The molecular weight excluding hydrogens is 430 g/mol. The molecule has 2 N–H and O–H groups in total. The molecule has 8 heteroatoms. The maximum Gasteiger partial charge on any atom is 0.228 e. The summed E-state index contributed by atoms with van der Waals surface area (Å²) in [6.45, 7) is 5.81. The van der Waals surface area contributed by atoms with Gasteiger partial charge in [-0.05, 0) is 25.5 Å². The topological polar surface area (TPSA) is 92.8 Å². The lowest BCUT2D eigenvalue weighted by molar-refractivity contribution is 0.0827. The van der Waals surface area contributed by atoms with Crippen LogP contribution in [0.2, 0.25) is 0 Å². The highest BCUT2D eigenvalue weighted by Gasteiger charge is 2.58. The number of rotatable bonds is 7. The molecule has 5 rings (SSSR count). The van der Waals surface area contributed by atoms with Crippen molar-refractivity contribution < 1.29 is 9.57 Å². The van der Waals surface area contributed by atoms with E-state index in [9.17, 15) is 4.91 Å². The van der Waals surface area contributed by atoms with Gasteiger partial charge in [-0.15, -0.1) is 0 Å². The Bertz CT molecular complexity index is 1270. The van der Waals surface area contributed by atoms with Crippen LogP contribution in [0.5, 0.6) is 5.75 Å². The van der Waals surface area contributed by atoms with Crippen molar-refractivity contribution >= 4 is 34.0 Å². The maximum absolute atomic E-state index is 10.9. The van der Waals surface area contributed by atoms with Crippen LogP contribution in [-0.2, 0) is 10.3 Å². The molecule has 176 valence electrons. The summed E-state index contributed by atoms with van der Waals surface area (Å²) < 4.78 is 6.91. The van der Waals surface area contributed by atoms with Crippen molar-refractivity contribution in [2.45, 2.75) is 25.0 Å². The molecule has 0 bridgehead atoms. The van der Waals surface area contributed by atoms with Crippen molar-refractivity contribution in [1.82, 2.24) is 0 Å². The van der Waals surface area contributed by atoms with Crippen molar-refractivity contribution in [1.29, 1.82) is 0 Å². The van der Waals surface area contributed by atoms with Gasteiger partial charge in [0.15, 0.2) is 5.75 Å². The third-order valence-corrected chi connectivity index (χ3v) is 7.21. The summed E-state index contributed by atoms with van der Waals surface area (Å²) in [6, 6.07) is 18.5. The molecular formula is C26H29N5O3. The molecule has 0 radical (unpaired) electrons. The second-order valence-corrected chi connectivity index (χ2v) is 9.26. The van der Waals surface area contributed by atoms with Gasteiger partial charge < -0.3 is 19.4 Å². The number of anilines is 2. The third-order valence-electron chi connectivity index (χ3n) is 7.21. The van der Waals surface area contributed by atoms with Gasteiger partial charge in [0.2, 0.25) is 5.72 Å². The zero-order valence-corrected chi connectivity index (χ0v) is 19.7. The third kappa shape index (κ3) is 3.17. The highest BCUT2D eigenvalue weighted by atomic mass is 16.6. The lowest BCUT2D eigenvalue weighted by Crippen LogP contribution is -2.61. The van der Waals surface area contributed by atoms with Crippen molar-refractivity contribution in [3.05, 3.63) is 65.1 Å². The summed E-state index contributed by atoms with van der Waals surface area (Å²) >= 11 is 0. The van der Waals surface area contributed by atoms with Gasteiger partial charge in [-0.2, -0.15) is 4.91 Å². The molecule has 0 aliphatic carbocycles. The molecule has 2 heterocycles. The predicted octanol–water partition coefficient (Wildman–Crippen LogP) is 4.52. The van der Waals surface area contributed by atoms with E-state index in [1.165, 1.54) is 5.56 Å². The molecule has 3 aromatic carbocycles. The van der Waals surface area contributed by atoms with E-state index in [2.05, 4.69) is 53.1 Å². The number of hydrogen-bond acceptors (Lipinski definition) is 8. The van der Waals surface area contributed by atoms with Crippen LogP contribution in [0.25, 0.3) is 10.8 Å². The minimum absolute atomic E-state index is 0.157. The summed E-state index contributed by atoms with van der Waals surface area (Å²) in [5.41, 5.74) is 2.94. The maximum atomic E-state index is 10.9. The Balaban J connectivity index is 1.66. The summed E-state index contributed by atoms with van der Waals surface area (Å²) in [5.74, 6) is 6.01. The first-order valence-corrected chi connectivity index (χ1v) is 11.4. The minimum atomic E-state index is -0.779. The Morgan fingerprint density at radius 1 is 1.12 bits per heavy atom. The largest absolute Gasteiger partial charge is 0.459 e. The quantitative estimate of drug-likeness (QED) is 0.412. The normalized spacial score (nSPS) is 19.7. The highest BCUT2D eigenvalue weighted by Crippen LogP contribution is 2.55. The summed E-state index contributed by atoms with van der Waals surface area (Å²) in [7, 11) is 2.05. The van der Waals surface area contributed by atoms with Crippen LogP contribution < -0.4 is 20.4 Å². The molecule has 0 amide bonds. The van der Waals surface area contributed by atoms with Gasteiger partial charge in [-0.3, -0.25) is 4.99 Å². The Hall–Kier alpha value is -3.49. The van der Waals surface area contributed by atoms with Gasteiger partial charge in [0, 0.05) is 48.4 Å². The first kappa shape index (κ1) is 22.3. The molecule has 2 aliphatic heterocycles. The first-order valence-electron chi connectivity index (χ1n) is 11.4. The summed E-state index contributed by atoms with van der Waals surface area (Å²) in [6.07, 6.45) is 1.94. The van der Waals surface area contributed by atoms with Gasteiger partial charge in [0.25, 0.3) is 0 Å². The molecule has 1 atom stereocenters. The predicted molar refractivity (Wildman–Crippen MR) is 136 cm³/mol. The van der Waals surface area contributed by atoms with E-state index in [1.54, 1.807) is 0 Å². The van der Waals surface area contributed by atoms with E-state index in [0.29, 0.717) is 25.4 Å². The van der Waals surface area contributed by atoms with Crippen LogP contribution in [0.15, 0.2) is 64.8 Å². The van der Waals surface area contributed by atoms with Crippen LogP contribution in [0.3, 0.4) is 0 Å². The van der Waals surface area contributed by atoms with Crippen molar-refractivity contribution in [2.24, 2.45) is 16.1 Å². The molecule has 3 aromatic rings. The molecule has 0 fully saturated rings. The Morgan fingerprint density at radius 3 is 2.59 bits per heavy atom. The smallest absolute Gasteiger partial charge is 0.228 e. The molecule has 34 heavy (non-hydrogen) atoms. The molecule has 0 saturated heterocycles. The molecule has 0 aromatic heterocycles. The van der Waals surface area contributed by atoms with E-state index < -0.39 is 5.72 Å². The number of hydrogen-bond donors (Lipinski definition) is 1. The van der Waals surface area contributed by atoms with Gasteiger partial charge in [0.05, 0.1) is 24.8 Å². The standard InChI is InChI=1S/C26H29N5O3/c1-25(2)20-10-6-7-11-21(20)30(3)26(25)17-28-24-19-9-5-4-8-18(19)22(16-23(24)34-26)31(13-12-29-32)14-15-33-27/h4-11,16-17H,12-15,27H2,1-3H3. The zero-order chi connectivity index (χ0) is 23.9. The molecule has 2 aliphatic rings. The fourth-order valence-corrected chi connectivity index (χ4v) is 5.34. The van der Waals surface area contributed by atoms with E-state index in [4.69, 9.17) is 20.5 Å². The van der Waals surface area contributed by atoms with Gasteiger partial charge >= 0.3 is 0 Å². The van der Waals surface area contributed by atoms with Crippen LogP contribution >= 0.6 is 0 Å². The molecule has 1 unspecified atom stereocenters. The lowest BCUT2D eigenvalue weighted by atomic mass is 9.77. The van der Waals surface area contributed by atoms with E-state index in [1.807, 2.05) is 43.6 Å². The zero-order valence-electron chi connectivity index (χ0n) is 19.7. The number of likely N-dealkylation sites (N-methyl/N-ethyl adjacent to an activating group) is 1. The van der Waals surface area contributed by atoms with Gasteiger partial charge in [-0.1, -0.05) is 47.6 Å². The van der Waals surface area contributed by atoms with Crippen LogP contribution in [0, 0.1) is 4.91 Å². The Morgan fingerprint density at radius 2 is 1.85 bits per heavy atom. The first-order chi connectivity index (χ1) is 16.4. The second-order valence-electron chi connectivity index (χ2n) is 9.26. The number of ether oxygens (including phenoxy) is 1. The van der Waals surface area contributed by atoms with Crippen LogP contribution in [0.1, 0.15) is 19.4 Å². The fraction of sp³-hybridized carbons (Fsp3) is 0.346. The van der Waals surface area contributed by atoms with Crippen LogP contribution in [0.4, 0.5) is 17.1 Å². The SMILES string of the molecule is CN1c2ccccc2C(C)(C)C12C=Nc1c(cc(N(CCN=O)CCON)c3ccccc13)O2. The van der Waals surface area contributed by atoms with E-state index >= 15 is 0 Å². The molecule has 1 spiro atoms. The second kappa shape index (κ2) is 8.38. The number of aliphatic imine (C=N–C) groups is 1. The monoisotopic (exact) mass is 459 g/mol. The van der Waals surface area contributed by atoms with Gasteiger partial charge in [-0.25, -0.2) is 5.90 Å². The van der Waals surface area contributed by atoms with Gasteiger partial charge in [0.1, 0.15) is 5.69 Å². The number of fused-ring (bicyclic) bond motifs is 4. The lowest BCUT2D eigenvalue weighted by Gasteiger charge is -2.45. The van der Waals surface area contributed by atoms with Crippen molar-refractivity contribution in [3.63, 3.8) is 0 Å². The molecule has 0 saturated carbocycles. The van der Waals surface area contributed by atoms with Crippen molar-refractivity contribution in [2.75, 3.05) is 43.1 Å². The average Bonchev–Trinajstić information content (AvgIpc) is 3.02. The fourth-order valence-electron chi connectivity index (χ4n) is 5.34. The summed E-state index contributed by atoms with van der Waals surface area (Å²) in [4.78, 5) is 25.0. The van der Waals surface area contributed by atoms with E-state index in [0.717, 1.165) is 27.8 Å². The molecule has 8 nitrogen and oxygen atoms in total. The highest BCUT2D eigenvalue weighted by molar-refractivity contribution is 6.06. The minimum Gasteiger partial charge on any atom is -0.459 e. The number of nitrogens with two attached hydrogens (primary N) is 1. The number of nitroso groups, excluding NO2 is 1.